The number of carbonyl (C=O) groups excluding carboxylic acids is 2. The third kappa shape index (κ3) is 3.78. The van der Waals surface area contributed by atoms with Gasteiger partial charge in [0.05, 0.1) is 30.8 Å². The first-order chi connectivity index (χ1) is 13.3. The molecule has 28 heavy (non-hydrogen) atoms. The zero-order chi connectivity index (χ0) is 20.4. The number of amides is 2. The van der Waals surface area contributed by atoms with Gasteiger partial charge in [0.15, 0.2) is 0 Å². The van der Waals surface area contributed by atoms with Crippen LogP contribution < -0.4 is 19.7 Å². The topological polar surface area (TPSA) is 67.9 Å². The van der Waals surface area contributed by atoms with Crippen LogP contribution in [0.25, 0.3) is 0 Å². The normalized spacial score (nSPS) is 16.2. The van der Waals surface area contributed by atoms with Crippen molar-refractivity contribution in [2.75, 3.05) is 31.0 Å². The highest BCUT2D eigenvalue weighted by Crippen LogP contribution is 2.40. The Morgan fingerprint density at radius 3 is 2.39 bits per heavy atom. The molecule has 0 bridgehead atoms. The van der Waals surface area contributed by atoms with E-state index in [1.807, 2.05) is 32.0 Å². The predicted octanol–water partition coefficient (Wildman–Crippen LogP) is 3.97. The van der Waals surface area contributed by atoms with Crippen molar-refractivity contribution in [2.24, 2.45) is 5.92 Å². The van der Waals surface area contributed by atoms with Crippen LogP contribution >= 0.6 is 11.6 Å². The Balaban J connectivity index is 1.82. The monoisotopic (exact) mass is 402 g/mol. The summed E-state index contributed by atoms with van der Waals surface area (Å²) < 4.78 is 10.6. The number of aryl methyl sites for hydroxylation is 2. The van der Waals surface area contributed by atoms with Crippen LogP contribution in [0.15, 0.2) is 30.3 Å². The quantitative estimate of drug-likeness (QED) is 0.821. The van der Waals surface area contributed by atoms with Gasteiger partial charge in [-0.1, -0.05) is 29.8 Å². The number of ether oxygens (including phenoxy) is 2. The Morgan fingerprint density at radius 2 is 1.79 bits per heavy atom. The lowest BCUT2D eigenvalue weighted by molar-refractivity contribution is -0.122. The second kappa shape index (κ2) is 8.10. The smallest absolute Gasteiger partial charge is 0.229 e. The van der Waals surface area contributed by atoms with Crippen molar-refractivity contribution in [1.82, 2.24) is 0 Å². The highest BCUT2D eigenvalue weighted by atomic mass is 35.5. The number of para-hydroxylation sites is 1. The number of hydrogen-bond acceptors (Lipinski definition) is 4. The lowest BCUT2D eigenvalue weighted by Gasteiger charge is -2.21. The number of methoxy groups -OCH3 is 2. The first-order valence-corrected chi connectivity index (χ1v) is 9.32. The van der Waals surface area contributed by atoms with Gasteiger partial charge in [0.25, 0.3) is 0 Å². The molecule has 1 fully saturated rings. The Hall–Kier alpha value is -2.73. The average Bonchev–Trinajstić information content (AvgIpc) is 3.06. The van der Waals surface area contributed by atoms with Crippen molar-refractivity contribution in [2.45, 2.75) is 20.3 Å². The van der Waals surface area contributed by atoms with Crippen molar-refractivity contribution in [3.8, 4) is 11.5 Å². The summed E-state index contributed by atoms with van der Waals surface area (Å²) in [5.74, 6) is 0.133. The average molecular weight is 403 g/mol. The van der Waals surface area contributed by atoms with Gasteiger partial charge in [-0.25, -0.2) is 0 Å². The van der Waals surface area contributed by atoms with E-state index in [1.165, 1.54) is 14.2 Å². The zero-order valence-electron chi connectivity index (χ0n) is 16.3. The van der Waals surface area contributed by atoms with Crippen molar-refractivity contribution >= 4 is 34.8 Å². The SMILES string of the molecule is COc1cc(OC)c(N2C[C@@H](C(=O)Nc3c(C)cccc3C)CC2=O)cc1Cl. The molecule has 0 aromatic heterocycles. The molecule has 2 aromatic rings. The van der Waals surface area contributed by atoms with Gasteiger partial charge in [-0.3, -0.25) is 9.59 Å². The van der Waals surface area contributed by atoms with E-state index >= 15 is 0 Å². The molecule has 0 spiro atoms. The van der Waals surface area contributed by atoms with Crippen molar-refractivity contribution in [3.05, 3.63) is 46.5 Å². The molecule has 1 saturated heterocycles. The molecule has 6 nitrogen and oxygen atoms in total. The van der Waals surface area contributed by atoms with Gasteiger partial charge in [-0.15, -0.1) is 0 Å². The van der Waals surface area contributed by atoms with Crippen LogP contribution in [0.3, 0.4) is 0 Å². The van der Waals surface area contributed by atoms with Crippen molar-refractivity contribution in [3.63, 3.8) is 0 Å². The second-order valence-electron chi connectivity index (χ2n) is 6.82. The molecule has 2 amide bonds. The summed E-state index contributed by atoms with van der Waals surface area (Å²) in [7, 11) is 3.02. The molecule has 0 saturated carbocycles. The largest absolute Gasteiger partial charge is 0.495 e. The highest BCUT2D eigenvalue weighted by Gasteiger charge is 2.37. The maximum absolute atomic E-state index is 12.8. The fraction of sp³-hybridized carbons (Fsp3) is 0.333. The Labute approximate surface area is 169 Å². The molecule has 7 heteroatoms. The van der Waals surface area contributed by atoms with Gasteiger partial charge in [0, 0.05) is 24.7 Å². The predicted molar refractivity (Wildman–Crippen MR) is 110 cm³/mol. The van der Waals surface area contributed by atoms with E-state index in [9.17, 15) is 9.59 Å². The first kappa shape index (κ1) is 20.0. The molecule has 0 unspecified atom stereocenters. The third-order valence-electron chi connectivity index (χ3n) is 4.97. The van der Waals surface area contributed by atoms with Crippen LogP contribution in [-0.2, 0) is 9.59 Å². The molecule has 1 N–H and O–H groups in total. The summed E-state index contributed by atoms with van der Waals surface area (Å²) in [4.78, 5) is 27.0. The Bertz CT molecular complexity index is 909. The van der Waals surface area contributed by atoms with E-state index in [-0.39, 0.29) is 24.8 Å². The first-order valence-electron chi connectivity index (χ1n) is 8.94. The van der Waals surface area contributed by atoms with E-state index in [4.69, 9.17) is 21.1 Å². The molecule has 3 rings (SSSR count). The van der Waals surface area contributed by atoms with Gasteiger partial charge in [0.2, 0.25) is 11.8 Å². The zero-order valence-corrected chi connectivity index (χ0v) is 17.1. The summed E-state index contributed by atoms with van der Waals surface area (Å²) in [5.41, 5.74) is 3.29. The van der Waals surface area contributed by atoms with Crippen LogP contribution in [0.4, 0.5) is 11.4 Å². The minimum Gasteiger partial charge on any atom is -0.495 e. The fourth-order valence-electron chi connectivity index (χ4n) is 3.41. The van der Waals surface area contributed by atoms with E-state index in [0.29, 0.717) is 22.2 Å². The van der Waals surface area contributed by atoms with Crippen LogP contribution in [0, 0.1) is 19.8 Å². The van der Waals surface area contributed by atoms with E-state index < -0.39 is 5.92 Å². The number of rotatable bonds is 5. The summed E-state index contributed by atoms with van der Waals surface area (Å²) in [6.07, 6.45) is 0.129. The fourth-order valence-corrected chi connectivity index (χ4v) is 3.64. The standard InChI is InChI=1S/C21H23ClN2O4/c1-12-6-5-7-13(2)20(12)23-21(26)14-8-19(25)24(11-14)16-9-15(22)17(27-3)10-18(16)28-4/h5-7,9-10,14H,8,11H2,1-4H3,(H,23,26)/t14-/m0/s1. The molecule has 0 radical (unpaired) electrons. The Morgan fingerprint density at radius 1 is 1.14 bits per heavy atom. The van der Waals surface area contributed by atoms with E-state index in [1.54, 1.807) is 17.0 Å². The lowest BCUT2D eigenvalue weighted by Crippen LogP contribution is -2.28. The van der Waals surface area contributed by atoms with Crippen LogP contribution in [0.2, 0.25) is 5.02 Å². The molecule has 1 aliphatic rings. The summed E-state index contributed by atoms with van der Waals surface area (Å²) in [5, 5.41) is 3.35. The van der Waals surface area contributed by atoms with Crippen molar-refractivity contribution < 1.29 is 19.1 Å². The van der Waals surface area contributed by atoms with Crippen molar-refractivity contribution in [1.29, 1.82) is 0 Å². The number of nitrogens with one attached hydrogen (secondary N) is 1. The van der Waals surface area contributed by atoms with Crippen LogP contribution in [-0.4, -0.2) is 32.6 Å². The minimum absolute atomic E-state index is 0.129. The van der Waals surface area contributed by atoms with E-state index in [2.05, 4.69) is 5.32 Å². The maximum Gasteiger partial charge on any atom is 0.229 e. The molecule has 148 valence electrons. The van der Waals surface area contributed by atoms with Crippen LogP contribution in [0.1, 0.15) is 17.5 Å². The molecule has 1 aliphatic heterocycles. The van der Waals surface area contributed by atoms with Crippen LogP contribution in [0.5, 0.6) is 11.5 Å². The minimum atomic E-state index is -0.461. The van der Waals surface area contributed by atoms with Gasteiger partial charge in [0.1, 0.15) is 11.5 Å². The van der Waals surface area contributed by atoms with Gasteiger partial charge in [-0.05, 0) is 31.0 Å². The highest BCUT2D eigenvalue weighted by molar-refractivity contribution is 6.32. The molecule has 1 atom stereocenters. The molecular formula is C21H23ClN2O4. The summed E-state index contributed by atoms with van der Waals surface area (Å²) in [6.45, 7) is 4.15. The van der Waals surface area contributed by atoms with E-state index in [0.717, 1.165) is 16.8 Å². The summed E-state index contributed by atoms with van der Waals surface area (Å²) in [6, 6.07) is 9.09. The van der Waals surface area contributed by atoms with Gasteiger partial charge in [-0.2, -0.15) is 0 Å². The molecule has 1 heterocycles. The lowest BCUT2D eigenvalue weighted by atomic mass is 10.1. The van der Waals surface area contributed by atoms with Gasteiger partial charge >= 0.3 is 0 Å². The number of hydrogen-bond donors (Lipinski definition) is 1. The summed E-state index contributed by atoms with van der Waals surface area (Å²) >= 11 is 6.23. The second-order valence-corrected chi connectivity index (χ2v) is 7.23. The number of halogens is 1. The number of anilines is 2. The maximum atomic E-state index is 12.8. The third-order valence-corrected chi connectivity index (χ3v) is 5.26. The Kier molecular flexibility index (Phi) is 5.79. The number of carbonyl (C=O) groups is 2. The van der Waals surface area contributed by atoms with Gasteiger partial charge < -0.3 is 19.7 Å². The molecule has 0 aliphatic carbocycles. The molecular weight excluding hydrogens is 380 g/mol. The molecule has 2 aromatic carbocycles. The number of benzene rings is 2. The number of nitrogens with zero attached hydrogens (tertiary/aromatic N) is 1.